The Hall–Kier alpha value is -4.76. The monoisotopic (exact) mass is 508 g/mol. The topological polar surface area (TPSA) is 121 Å². The van der Waals surface area contributed by atoms with Crippen LogP contribution in [0.4, 0.5) is 5.69 Å². The number of H-pyrrole nitrogens is 1. The highest BCUT2D eigenvalue weighted by Crippen LogP contribution is 2.34. The van der Waals surface area contributed by atoms with Gasteiger partial charge in [0.2, 0.25) is 9.84 Å². The van der Waals surface area contributed by atoms with Crippen molar-refractivity contribution in [2.75, 3.05) is 5.32 Å². The number of fused-ring (bicyclic) bond motifs is 3. The summed E-state index contributed by atoms with van der Waals surface area (Å²) in [6.07, 6.45) is 1.78. The van der Waals surface area contributed by atoms with E-state index in [0.29, 0.717) is 0 Å². The number of carbonyl (C=O) groups is 2. The smallest absolute Gasteiger partial charge is 0.257 e. The van der Waals surface area contributed by atoms with E-state index in [1.54, 1.807) is 18.3 Å². The summed E-state index contributed by atoms with van der Waals surface area (Å²) in [6, 6.07) is 24.2. The van der Waals surface area contributed by atoms with Gasteiger partial charge < -0.3 is 10.6 Å². The highest BCUT2D eigenvalue weighted by atomic mass is 32.2. The third kappa shape index (κ3) is 4.05. The summed E-state index contributed by atoms with van der Waals surface area (Å²) >= 11 is 0. The molecule has 0 spiro atoms. The van der Waals surface area contributed by atoms with Gasteiger partial charge in [-0.15, -0.1) is 0 Å². The molecular formula is C28H20N4O4S. The van der Waals surface area contributed by atoms with E-state index in [0.717, 1.165) is 27.6 Å². The van der Waals surface area contributed by atoms with Crippen molar-refractivity contribution in [1.82, 2.24) is 15.5 Å². The highest BCUT2D eigenvalue weighted by molar-refractivity contribution is 7.91. The van der Waals surface area contributed by atoms with Crippen molar-refractivity contribution >= 4 is 38.2 Å². The molecule has 0 bridgehead atoms. The quantitative estimate of drug-likeness (QED) is 0.329. The molecule has 5 aromatic rings. The summed E-state index contributed by atoms with van der Waals surface area (Å²) in [5, 5.41) is 13.5. The van der Waals surface area contributed by atoms with Gasteiger partial charge in [0.05, 0.1) is 32.8 Å². The van der Waals surface area contributed by atoms with Crippen molar-refractivity contribution in [3.05, 3.63) is 108 Å². The molecule has 0 atom stereocenters. The number of benzene rings is 4. The second-order valence-electron chi connectivity index (χ2n) is 8.72. The van der Waals surface area contributed by atoms with Crippen molar-refractivity contribution in [1.29, 1.82) is 0 Å². The minimum absolute atomic E-state index is 0.0495. The van der Waals surface area contributed by atoms with Crippen LogP contribution in [0.5, 0.6) is 0 Å². The largest absolute Gasteiger partial charge is 0.348 e. The van der Waals surface area contributed by atoms with Crippen LogP contribution in [-0.4, -0.2) is 30.4 Å². The molecular weight excluding hydrogens is 488 g/mol. The van der Waals surface area contributed by atoms with Crippen LogP contribution in [0, 0.1) is 0 Å². The summed E-state index contributed by atoms with van der Waals surface area (Å²) in [6.45, 7) is 0.285. The normalized spacial score (nSPS) is 13.8. The molecule has 9 heteroatoms. The molecule has 0 aliphatic carbocycles. The van der Waals surface area contributed by atoms with Gasteiger partial charge in [0.15, 0.2) is 0 Å². The van der Waals surface area contributed by atoms with Crippen LogP contribution in [0.3, 0.4) is 0 Å². The molecule has 37 heavy (non-hydrogen) atoms. The van der Waals surface area contributed by atoms with Gasteiger partial charge in [0.25, 0.3) is 11.8 Å². The Morgan fingerprint density at radius 1 is 0.865 bits per heavy atom. The van der Waals surface area contributed by atoms with E-state index in [1.165, 1.54) is 30.3 Å². The molecule has 6 rings (SSSR count). The van der Waals surface area contributed by atoms with Gasteiger partial charge in [0, 0.05) is 17.5 Å². The van der Waals surface area contributed by atoms with Gasteiger partial charge in [-0.25, -0.2) is 8.42 Å². The third-order valence-corrected chi connectivity index (χ3v) is 8.25. The van der Waals surface area contributed by atoms with Gasteiger partial charge in [-0.1, -0.05) is 42.5 Å². The first-order valence-electron chi connectivity index (χ1n) is 11.5. The van der Waals surface area contributed by atoms with E-state index in [-0.39, 0.29) is 39.1 Å². The molecule has 0 saturated heterocycles. The molecule has 4 aromatic carbocycles. The number of anilines is 1. The molecule has 1 aromatic heterocycles. The van der Waals surface area contributed by atoms with Gasteiger partial charge in [-0.2, -0.15) is 5.10 Å². The average molecular weight is 509 g/mol. The lowest BCUT2D eigenvalue weighted by Gasteiger charge is -2.11. The predicted octanol–water partition coefficient (Wildman–Crippen LogP) is 4.56. The van der Waals surface area contributed by atoms with Gasteiger partial charge in [0.1, 0.15) is 0 Å². The summed E-state index contributed by atoms with van der Waals surface area (Å²) in [4.78, 5) is 25.4. The number of aromatic amines is 1. The zero-order valence-corrected chi connectivity index (χ0v) is 20.2. The molecule has 2 amide bonds. The zero-order chi connectivity index (χ0) is 25.6. The van der Waals surface area contributed by atoms with Crippen LogP contribution in [0.2, 0.25) is 0 Å². The number of nitrogens with zero attached hydrogens (tertiary/aromatic N) is 1. The minimum Gasteiger partial charge on any atom is -0.348 e. The van der Waals surface area contributed by atoms with E-state index in [1.807, 2.05) is 36.4 Å². The van der Waals surface area contributed by atoms with Crippen molar-refractivity contribution in [2.24, 2.45) is 0 Å². The number of sulfone groups is 1. The van der Waals surface area contributed by atoms with Crippen LogP contribution in [0.25, 0.3) is 22.0 Å². The van der Waals surface area contributed by atoms with Crippen LogP contribution < -0.4 is 10.6 Å². The van der Waals surface area contributed by atoms with Crippen molar-refractivity contribution < 1.29 is 18.0 Å². The fourth-order valence-electron chi connectivity index (χ4n) is 4.42. The van der Waals surface area contributed by atoms with Crippen LogP contribution in [0.15, 0.2) is 101 Å². The van der Waals surface area contributed by atoms with Gasteiger partial charge in [-0.3, -0.25) is 14.7 Å². The summed E-state index contributed by atoms with van der Waals surface area (Å²) in [5.41, 5.74) is 4.37. The molecule has 0 fully saturated rings. The second kappa shape index (κ2) is 8.72. The SMILES string of the molecule is O=C(NCc1ccc(-c2ccc3[nH]ncc3c2)cc1)c1ccc2c(c1)NC(=O)c1ccccc1S2(=O)=O. The van der Waals surface area contributed by atoms with Crippen LogP contribution >= 0.6 is 0 Å². The lowest BCUT2D eigenvalue weighted by molar-refractivity contribution is 0.0949. The molecule has 1 aliphatic rings. The number of amides is 2. The molecule has 182 valence electrons. The standard InChI is InChI=1S/C28H20N4O4S/c33-27(29-15-17-5-7-18(8-6-17)19-9-11-23-21(13-19)16-30-32-23)20-10-12-26-24(14-20)31-28(34)22-3-1-2-4-25(22)37(26,35)36/h1-14,16H,15H2,(H,29,33)(H,30,32)(H,31,34). The average Bonchev–Trinajstić information content (AvgIpc) is 3.37. The Balaban J connectivity index is 1.19. The number of aromatic nitrogens is 2. The second-order valence-corrected chi connectivity index (χ2v) is 10.6. The molecule has 8 nitrogen and oxygen atoms in total. The number of hydrogen-bond donors (Lipinski definition) is 3. The summed E-state index contributed by atoms with van der Waals surface area (Å²) in [7, 11) is -3.92. The first-order chi connectivity index (χ1) is 17.9. The van der Waals surface area contributed by atoms with Gasteiger partial charge in [-0.05, 0) is 59.2 Å². The highest BCUT2D eigenvalue weighted by Gasteiger charge is 2.31. The van der Waals surface area contributed by atoms with Crippen molar-refractivity contribution in [3.8, 4) is 11.1 Å². The summed E-state index contributed by atoms with van der Waals surface area (Å²) < 4.78 is 26.3. The molecule has 0 unspecified atom stereocenters. The van der Waals surface area contributed by atoms with Crippen LogP contribution in [0.1, 0.15) is 26.3 Å². The molecule has 3 N–H and O–H groups in total. The Kier molecular flexibility index (Phi) is 5.35. The molecule has 0 radical (unpaired) electrons. The molecule has 2 heterocycles. The van der Waals surface area contributed by atoms with E-state index >= 15 is 0 Å². The van der Waals surface area contributed by atoms with Gasteiger partial charge >= 0.3 is 0 Å². The van der Waals surface area contributed by atoms with Crippen molar-refractivity contribution in [2.45, 2.75) is 16.3 Å². The first kappa shape index (κ1) is 22.7. The van der Waals surface area contributed by atoms with Crippen LogP contribution in [-0.2, 0) is 16.4 Å². The Bertz CT molecular complexity index is 1810. The Labute approximate surface area is 212 Å². The Morgan fingerprint density at radius 3 is 2.49 bits per heavy atom. The fourth-order valence-corrected chi connectivity index (χ4v) is 6.01. The maximum atomic E-state index is 13.1. The Morgan fingerprint density at radius 2 is 1.65 bits per heavy atom. The van der Waals surface area contributed by atoms with E-state index in [2.05, 4.69) is 26.9 Å². The third-order valence-electron chi connectivity index (χ3n) is 6.38. The number of hydrogen-bond acceptors (Lipinski definition) is 5. The lowest BCUT2D eigenvalue weighted by Crippen LogP contribution is -2.23. The van der Waals surface area contributed by atoms with E-state index < -0.39 is 15.7 Å². The predicted molar refractivity (Wildman–Crippen MR) is 139 cm³/mol. The first-order valence-corrected chi connectivity index (χ1v) is 13.0. The molecule has 0 saturated carbocycles. The van der Waals surface area contributed by atoms with E-state index in [9.17, 15) is 18.0 Å². The number of nitrogens with one attached hydrogen (secondary N) is 3. The fraction of sp³-hybridized carbons (Fsp3) is 0.0357. The lowest BCUT2D eigenvalue weighted by atomic mass is 10.0. The maximum absolute atomic E-state index is 13.1. The maximum Gasteiger partial charge on any atom is 0.257 e. The number of rotatable bonds is 4. The minimum atomic E-state index is -3.92. The summed E-state index contributed by atoms with van der Waals surface area (Å²) in [5.74, 6) is -0.923. The zero-order valence-electron chi connectivity index (χ0n) is 19.4. The number of carbonyl (C=O) groups excluding carboxylic acids is 2. The van der Waals surface area contributed by atoms with Crippen molar-refractivity contribution in [3.63, 3.8) is 0 Å². The van der Waals surface area contributed by atoms with E-state index in [4.69, 9.17) is 0 Å². The molecule has 1 aliphatic heterocycles.